The van der Waals surface area contributed by atoms with Crippen molar-refractivity contribution in [3.8, 4) is 5.75 Å². The summed E-state index contributed by atoms with van der Waals surface area (Å²) in [5, 5.41) is 3.46. The molecular weight excluding hydrogens is 481 g/mol. The number of rotatable bonds is 10. The lowest BCUT2D eigenvalue weighted by Gasteiger charge is -2.26. The molecule has 1 aliphatic rings. The van der Waals surface area contributed by atoms with E-state index in [4.69, 9.17) is 19.2 Å². The van der Waals surface area contributed by atoms with Gasteiger partial charge in [-0.25, -0.2) is 0 Å². The summed E-state index contributed by atoms with van der Waals surface area (Å²) in [5.74, 6) is 2.44. The zero-order chi connectivity index (χ0) is 20.4. The van der Waals surface area contributed by atoms with Crippen molar-refractivity contribution in [1.29, 1.82) is 0 Å². The van der Waals surface area contributed by atoms with Crippen molar-refractivity contribution in [2.24, 2.45) is 10.9 Å². The van der Waals surface area contributed by atoms with Crippen LogP contribution >= 0.6 is 24.0 Å². The molecule has 0 spiro atoms. The van der Waals surface area contributed by atoms with E-state index in [0.717, 1.165) is 50.9 Å². The lowest BCUT2D eigenvalue weighted by molar-refractivity contribution is 0.0536. The van der Waals surface area contributed by atoms with Crippen LogP contribution < -0.4 is 10.1 Å². The van der Waals surface area contributed by atoms with Gasteiger partial charge in [-0.1, -0.05) is 26.0 Å². The van der Waals surface area contributed by atoms with E-state index in [9.17, 15) is 0 Å². The number of benzene rings is 1. The van der Waals surface area contributed by atoms with Crippen molar-refractivity contribution in [3.63, 3.8) is 0 Å². The molecule has 0 aliphatic carbocycles. The van der Waals surface area contributed by atoms with Gasteiger partial charge < -0.3 is 24.4 Å². The Balaban J connectivity index is 0.00000420. The number of nitrogens with zero attached hydrogens (tertiary/aromatic N) is 2. The molecule has 1 aromatic carbocycles. The van der Waals surface area contributed by atoms with Gasteiger partial charge in [0, 0.05) is 38.1 Å². The maximum Gasteiger partial charge on any atom is 0.193 e. The topological polar surface area (TPSA) is 55.3 Å². The second-order valence-electron chi connectivity index (χ2n) is 7.95. The number of halogens is 1. The molecular formula is C22H38IN3O3. The number of guanidine groups is 1. The van der Waals surface area contributed by atoms with E-state index in [2.05, 4.69) is 43.1 Å². The highest BCUT2D eigenvalue weighted by molar-refractivity contribution is 14.0. The number of aliphatic imine (C=N–C) groups is 1. The molecule has 0 aromatic heterocycles. The maximum atomic E-state index is 5.71. The van der Waals surface area contributed by atoms with E-state index in [-0.39, 0.29) is 29.4 Å². The predicted molar refractivity (Wildman–Crippen MR) is 130 cm³/mol. The molecule has 7 heteroatoms. The van der Waals surface area contributed by atoms with Crippen molar-refractivity contribution in [1.82, 2.24) is 10.2 Å². The first-order chi connectivity index (χ1) is 13.5. The molecule has 0 saturated carbocycles. The van der Waals surface area contributed by atoms with Crippen molar-refractivity contribution < 1.29 is 14.2 Å². The second kappa shape index (κ2) is 13.3. The molecule has 1 fully saturated rings. The molecule has 6 nitrogen and oxygen atoms in total. The van der Waals surface area contributed by atoms with Gasteiger partial charge in [0.05, 0.1) is 33.5 Å². The summed E-state index contributed by atoms with van der Waals surface area (Å²) in [6.45, 7) is 12.3. The fraction of sp³-hybridized carbons (Fsp3) is 0.682. The highest BCUT2D eigenvalue weighted by atomic mass is 127. The molecule has 1 saturated heterocycles. The Kier molecular flexibility index (Phi) is 11.9. The average molecular weight is 519 g/mol. The fourth-order valence-electron chi connectivity index (χ4n) is 3.39. The molecule has 0 radical (unpaired) electrons. The zero-order valence-electron chi connectivity index (χ0n) is 18.6. The van der Waals surface area contributed by atoms with Gasteiger partial charge in [-0.3, -0.25) is 4.99 Å². The predicted octanol–water partition coefficient (Wildman–Crippen LogP) is 3.54. The largest absolute Gasteiger partial charge is 0.497 e. The van der Waals surface area contributed by atoms with Crippen LogP contribution in [0.25, 0.3) is 0 Å². The number of hydrogen-bond acceptors (Lipinski definition) is 4. The van der Waals surface area contributed by atoms with Gasteiger partial charge in [-0.15, -0.1) is 24.0 Å². The standard InChI is InChI=1S/C22H37N3O3.HI/c1-6-23-21(25-12-11-18(15-25)16-28-14-13-26-4)24-17-22(2,3)19-7-9-20(27-5)10-8-19;/h7-10,18H,6,11-17H2,1-5H3,(H,23,24);1H. The van der Waals surface area contributed by atoms with E-state index in [1.54, 1.807) is 14.2 Å². The molecule has 166 valence electrons. The van der Waals surface area contributed by atoms with Crippen LogP contribution in [0.15, 0.2) is 29.3 Å². The van der Waals surface area contributed by atoms with Crippen LogP contribution in [0.5, 0.6) is 5.75 Å². The molecule has 1 atom stereocenters. The van der Waals surface area contributed by atoms with Crippen molar-refractivity contribution >= 4 is 29.9 Å². The van der Waals surface area contributed by atoms with Crippen LogP contribution in [0.2, 0.25) is 0 Å². The summed E-state index contributed by atoms with van der Waals surface area (Å²) in [7, 11) is 3.40. The van der Waals surface area contributed by atoms with Gasteiger partial charge in [0.2, 0.25) is 0 Å². The summed E-state index contributed by atoms with van der Waals surface area (Å²) in [4.78, 5) is 7.33. The monoisotopic (exact) mass is 519 g/mol. The molecule has 0 bridgehead atoms. The highest BCUT2D eigenvalue weighted by Crippen LogP contribution is 2.26. The number of nitrogens with one attached hydrogen (secondary N) is 1. The molecule has 1 N–H and O–H groups in total. The van der Waals surface area contributed by atoms with Crippen LogP contribution in [0.4, 0.5) is 0 Å². The van der Waals surface area contributed by atoms with E-state index < -0.39 is 0 Å². The molecule has 2 rings (SSSR count). The highest BCUT2D eigenvalue weighted by Gasteiger charge is 2.26. The molecule has 29 heavy (non-hydrogen) atoms. The van der Waals surface area contributed by atoms with Gasteiger partial charge in [0.25, 0.3) is 0 Å². The van der Waals surface area contributed by atoms with Gasteiger partial charge in [-0.05, 0) is 31.0 Å². The van der Waals surface area contributed by atoms with Crippen LogP contribution in [0.1, 0.15) is 32.8 Å². The smallest absolute Gasteiger partial charge is 0.193 e. The third kappa shape index (κ3) is 8.30. The van der Waals surface area contributed by atoms with Crippen LogP contribution in [0, 0.1) is 5.92 Å². The van der Waals surface area contributed by atoms with Gasteiger partial charge in [0.15, 0.2) is 5.96 Å². The molecule has 0 amide bonds. The first-order valence-electron chi connectivity index (χ1n) is 10.2. The number of methoxy groups -OCH3 is 2. The van der Waals surface area contributed by atoms with Crippen LogP contribution in [-0.2, 0) is 14.9 Å². The molecule has 1 heterocycles. The quantitative estimate of drug-likeness (QED) is 0.222. The first kappa shape index (κ1) is 26.0. The molecule has 1 aliphatic heterocycles. The third-order valence-corrected chi connectivity index (χ3v) is 5.20. The van der Waals surface area contributed by atoms with Crippen LogP contribution in [-0.4, -0.2) is 71.1 Å². The molecule has 1 aromatic rings. The second-order valence-corrected chi connectivity index (χ2v) is 7.95. The SMILES string of the molecule is CCNC(=NCC(C)(C)c1ccc(OC)cc1)N1CCC(COCCOC)C1.I. The van der Waals surface area contributed by atoms with Crippen LogP contribution in [0.3, 0.4) is 0 Å². The number of hydrogen-bond donors (Lipinski definition) is 1. The van der Waals surface area contributed by atoms with Crippen molar-refractivity contribution in [2.75, 3.05) is 60.2 Å². The Bertz CT molecular complexity index is 608. The van der Waals surface area contributed by atoms with Gasteiger partial charge in [-0.2, -0.15) is 0 Å². The van der Waals surface area contributed by atoms with E-state index in [0.29, 0.717) is 19.1 Å². The van der Waals surface area contributed by atoms with E-state index in [1.165, 1.54) is 5.56 Å². The third-order valence-electron chi connectivity index (χ3n) is 5.20. The summed E-state index contributed by atoms with van der Waals surface area (Å²) in [5.41, 5.74) is 1.22. The van der Waals surface area contributed by atoms with Gasteiger partial charge >= 0.3 is 0 Å². The normalized spacial score (nSPS) is 17.2. The Hall–Kier alpha value is -1.06. The number of ether oxygens (including phenoxy) is 3. The minimum atomic E-state index is -0.0463. The summed E-state index contributed by atoms with van der Waals surface area (Å²) >= 11 is 0. The Morgan fingerprint density at radius 3 is 2.55 bits per heavy atom. The van der Waals surface area contributed by atoms with Crippen molar-refractivity contribution in [2.45, 2.75) is 32.6 Å². The fourth-order valence-corrected chi connectivity index (χ4v) is 3.39. The lowest BCUT2D eigenvalue weighted by atomic mass is 9.85. The first-order valence-corrected chi connectivity index (χ1v) is 10.2. The Morgan fingerprint density at radius 1 is 1.21 bits per heavy atom. The Labute approximate surface area is 193 Å². The number of likely N-dealkylation sites (tertiary alicyclic amines) is 1. The van der Waals surface area contributed by atoms with Gasteiger partial charge in [0.1, 0.15) is 5.75 Å². The Morgan fingerprint density at radius 2 is 1.93 bits per heavy atom. The summed E-state index contributed by atoms with van der Waals surface area (Å²) < 4.78 is 16.0. The molecule has 1 unspecified atom stereocenters. The van der Waals surface area contributed by atoms with Crippen molar-refractivity contribution in [3.05, 3.63) is 29.8 Å². The lowest BCUT2D eigenvalue weighted by Crippen LogP contribution is -2.41. The summed E-state index contributed by atoms with van der Waals surface area (Å²) in [6, 6.07) is 8.29. The maximum absolute atomic E-state index is 5.71. The summed E-state index contributed by atoms with van der Waals surface area (Å²) in [6.07, 6.45) is 1.14. The average Bonchev–Trinajstić information content (AvgIpc) is 3.17. The minimum absolute atomic E-state index is 0. The zero-order valence-corrected chi connectivity index (χ0v) is 20.9. The minimum Gasteiger partial charge on any atom is -0.497 e. The van der Waals surface area contributed by atoms with E-state index in [1.807, 2.05) is 12.1 Å². The van der Waals surface area contributed by atoms with E-state index >= 15 is 0 Å².